The highest BCUT2D eigenvalue weighted by Crippen LogP contribution is 2.25. The maximum Gasteiger partial charge on any atom is 0.338 e. The molecule has 0 bridgehead atoms. The zero-order valence-corrected chi connectivity index (χ0v) is 8.78. The van der Waals surface area contributed by atoms with Gasteiger partial charge in [0.1, 0.15) is 5.15 Å². The minimum atomic E-state index is -0.407. The maximum atomic E-state index is 11.5. The molecule has 0 aliphatic rings. The van der Waals surface area contributed by atoms with Crippen molar-refractivity contribution in [1.82, 2.24) is 4.98 Å². The van der Waals surface area contributed by atoms with Gasteiger partial charge in [0.2, 0.25) is 0 Å². The molecule has 0 aliphatic heterocycles. The number of rotatable bonds is 1. The van der Waals surface area contributed by atoms with E-state index in [-0.39, 0.29) is 0 Å². The fourth-order valence-corrected chi connectivity index (χ4v) is 1.73. The van der Waals surface area contributed by atoms with Crippen molar-refractivity contribution in [2.24, 2.45) is 0 Å². The van der Waals surface area contributed by atoms with Crippen LogP contribution >= 0.6 is 11.6 Å². The van der Waals surface area contributed by atoms with Gasteiger partial charge in [0.05, 0.1) is 12.7 Å². The highest BCUT2D eigenvalue weighted by atomic mass is 35.5. The van der Waals surface area contributed by atoms with Crippen molar-refractivity contribution < 1.29 is 9.53 Å². The van der Waals surface area contributed by atoms with Gasteiger partial charge in [-0.25, -0.2) is 9.78 Å². The van der Waals surface area contributed by atoms with E-state index in [9.17, 15) is 4.79 Å². The third-order valence-corrected chi connectivity index (χ3v) is 2.44. The van der Waals surface area contributed by atoms with Crippen LogP contribution in [0.4, 0.5) is 0 Å². The molecule has 1 heterocycles. The second kappa shape index (κ2) is 3.87. The molecule has 1 aromatic carbocycles. The molecule has 0 spiro atoms. The number of fused-ring (bicyclic) bond motifs is 1. The Hall–Kier alpha value is -1.61. The summed E-state index contributed by atoms with van der Waals surface area (Å²) in [6, 6.07) is 7.12. The smallest absolute Gasteiger partial charge is 0.338 e. The van der Waals surface area contributed by atoms with Crippen molar-refractivity contribution in [1.29, 1.82) is 0 Å². The number of halogens is 1. The van der Waals surface area contributed by atoms with Gasteiger partial charge in [-0.3, -0.25) is 0 Å². The third kappa shape index (κ3) is 1.66. The molecule has 0 fully saturated rings. The molecule has 0 N–H and O–H groups in total. The lowest BCUT2D eigenvalue weighted by atomic mass is 10.1. The van der Waals surface area contributed by atoms with E-state index in [0.717, 1.165) is 5.39 Å². The summed E-state index contributed by atoms with van der Waals surface area (Å²) in [7, 11) is 1.34. The Balaban J connectivity index is 2.80. The van der Waals surface area contributed by atoms with Crippen molar-refractivity contribution in [3.8, 4) is 0 Å². The molecule has 2 aromatic rings. The molecule has 0 atom stereocenters. The summed E-state index contributed by atoms with van der Waals surface area (Å²) < 4.78 is 4.67. The molecule has 3 nitrogen and oxygen atoms in total. The van der Waals surface area contributed by atoms with Crippen LogP contribution < -0.4 is 0 Å². The summed E-state index contributed by atoms with van der Waals surface area (Å²) in [6.45, 7) is 0. The van der Waals surface area contributed by atoms with Gasteiger partial charge >= 0.3 is 5.97 Å². The van der Waals surface area contributed by atoms with E-state index < -0.39 is 5.97 Å². The van der Waals surface area contributed by atoms with Gasteiger partial charge in [0.25, 0.3) is 0 Å². The van der Waals surface area contributed by atoms with E-state index in [1.165, 1.54) is 7.11 Å². The predicted molar refractivity (Wildman–Crippen MR) is 58.1 cm³/mol. The first-order valence-electron chi connectivity index (χ1n) is 4.35. The Morgan fingerprint density at radius 3 is 2.93 bits per heavy atom. The molecule has 0 amide bonds. The van der Waals surface area contributed by atoms with Crippen LogP contribution in [0.15, 0.2) is 30.5 Å². The van der Waals surface area contributed by atoms with Crippen LogP contribution in [-0.2, 0) is 4.74 Å². The molecule has 0 saturated carbocycles. The van der Waals surface area contributed by atoms with E-state index in [1.807, 2.05) is 6.07 Å². The van der Waals surface area contributed by atoms with Gasteiger partial charge in [0.15, 0.2) is 0 Å². The Kier molecular flexibility index (Phi) is 2.56. The van der Waals surface area contributed by atoms with E-state index in [4.69, 9.17) is 11.6 Å². The largest absolute Gasteiger partial charge is 0.465 e. The van der Waals surface area contributed by atoms with E-state index in [1.54, 1.807) is 24.4 Å². The molecular weight excluding hydrogens is 214 g/mol. The monoisotopic (exact) mass is 221 g/mol. The number of nitrogens with zero attached hydrogens (tertiary/aromatic N) is 1. The van der Waals surface area contributed by atoms with Gasteiger partial charge in [-0.2, -0.15) is 0 Å². The molecule has 0 unspecified atom stereocenters. The van der Waals surface area contributed by atoms with Gasteiger partial charge in [-0.1, -0.05) is 23.7 Å². The van der Waals surface area contributed by atoms with Crippen LogP contribution in [0.2, 0.25) is 5.15 Å². The average Bonchev–Trinajstić information content (AvgIpc) is 2.28. The fraction of sp³-hybridized carbons (Fsp3) is 0.0909. The molecule has 76 valence electrons. The number of ether oxygens (including phenoxy) is 1. The van der Waals surface area contributed by atoms with Crippen molar-refractivity contribution in [2.75, 3.05) is 7.11 Å². The van der Waals surface area contributed by atoms with Crippen LogP contribution in [0.25, 0.3) is 10.8 Å². The van der Waals surface area contributed by atoms with Crippen LogP contribution in [0.1, 0.15) is 10.4 Å². The van der Waals surface area contributed by atoms with E-state index >= 15 is 0 Å². The molecule has 15 heavy (non-hydrogen) atoms. The van der Waals surface area contributed by atoms with E-state index in [0.29, 0.717) is 16.1 Å². The summed E-state index contributed by atoms with van der Waals surface area (Å²) in [6.07, 6.45) is 1.60. The molecule has 1 aromatic heterocycles. The first kappa shape index (κ1) is 9.93. The second-order valence-corrected chi connectivity index (χ2v) is 3.36. The lowest BCUT2D eigenvalue weighted by Gasteiger charge is -2.05. The average molecular weight is 222 g/mol. The highest BCUT2D eigenvalue weighted by Gasteiger charge is 2.12. The zero-order chi connectivity index (χ0) is 10.8. The van der Waals surface area contributed by atoms with Crippen molar-refractivity contribution in [3.05, 3.63) is 41.2 Å². The summed E-state index contributed by atoms with van der Waals surface area (Å²) >= 11 is 5.94. The van der Waals surface area contributed by atoms with Crippen LogP contribution in [0, 0.1) is 0 Å². The van der Waals surface area contributed by atoms with E-state index in [2.05, 4.69) is 9.72 Å². The summed E-state index contributed by atoms with van der Waals surface area (Å²) in [5.41, 5.74) is 0.438. The standard InChI is InChI=1S/C11H8ClNO2/c1-15-11(14)8-4-2-3-7-5-6-13-10(12)9(7)8/h2-6H,1H3. The Morgan fingerprint density at radius 2 is 2.20 bits per heavy atom. The number of carbonyl (C=O) groups excluding carboxylic acids is 1. The van der Waals surface area contributed by atoms with Crippen LogP contribution in [0.3, 0.4) is 0 Å². The molecule has 2 rings (SSSR count). The third-order valence-electron chi connectivity index (χ3n) is 2.15. The maximum absolute atomic E-state index is 11.5. The molecule has 0 radical (unpaired) electrons. The predicted octanol–water partition coefficient (Wildman–Crippen LogP) is 2.67. The zero-order valence-electron chi connectivity index (χ0n) is 8.03. The number of esters is 1. The first-order valence-corrected chi connectivity index (χ1v) is 4.73. The Labute approximate surface area is 91.6 Å². The van der Waals surface area contributed by atoms with Crippen LogP contribution in [0.5, 0.6) is 0 Å². The van der Waals surface area contributed by atoms with Gasteiger partial charge < -0.3 is 4.74 Å². The summed E-state index contributed by atoms with van der Waals surface area (Å²) in [5, 5.41) is 1.82. The molecular formula is C11H8ClNO2. The minimum absolute atomic E-state index is 0.313. The van der Waals surface area contributed by atoms with Gasteiger partial charge in [-0.05, 0) is 17.5 Å². The van der Waals surface area contributed by atoms with Crippen molar-refractivity contribution in [3.63, 3.8) is 0 Å². The quantitative estimate of drug-likeness (QED) is 0.549. The second-order valence-electron chi connectivity index (χ2n) is 3.00. The number of hydrogen-bond donors (Lipinski definition) is 0. The van der Waals surface area contributed by atoms with Gasteiger partial charge in [-0.15, -0.1) is 0 Å². The van der Waals surface area contributed by atoms with Crippen molar-refractivity contribution >= 4 is 28.3 Å². The molecule has 0 aliphatic carbocycles. The molecule has 4 heteroatoms. The fourth-order valence-electron chi connectivity index (χ4n) is 1.47. The SMILES string of the molecule is COC(=O)c1cccc2ccnc(Cl)c12. The molecule has 0 saturated heterocycles. The number of pyridine rings is 1. The number of methoxy groups -OCH3 is 1. The Bertz CT molecular complexity index is 520. The number of aromatic nitrogens is 1. The van der Waals surface area contributed by atoms with Gasteiger partial charge in [0, 0.05) is 11.6 Å². The number of benzene rings is 1. The number of carbonyl (C=O) groups is 1. The topological polar surface area (TPSA) is 39.2 Å². The lowest BCUT2D eigenvalue weighted by Crippen LogP contribution is -2.02. The Morgan fingerprint density at radius 1 is 1.40 bits per heavy atom. The minimum Gasteiger partial charge on any atom is -0.465 e. The normalized spacial score (nSPS) is 10.3. The number of hydrogen-bond acceptors (Lipinski definition) is 3. The van der Waals surface area contributed by atoms with Crippen LogP contribution in [-0.4, -0.2) is 18.1 Å². The van der Waals surface area contributed by atoms with Crippen molar-refractivity contribution in [2.45, 2.75) is 0 Å². The summed E-state index contributed by atoms with van der Waals surface area (Å²) in [5.74, 6) is -0.407. The summed E-state index contributed by atoms with van der Waals surface area (Å²) in [4.78, 5) is 15.4. The highest BCUT2D eigenvalue weighted by molar-refractivity contribution is 6.35. The lowest BCUT2D eigenvalue weighted by molar-refractivity contribution is 0.0603. The first-order chi connectivity index (χ1) is 7.24.